The first-order chi connectivity index (χ1) is 19.2. The van der Waals surface area contributed by atoms with Gasteiger partial charge in [0.05, 0.1) is 6.61 Å². The summed E-state index contributed by atoms with van der Waals surface area (Å²) in [6, 6.07) is 0. The molecule has 0 heterocycles. The molecule has 0 aromatic heterocycles. The molecule has 0 unspecified atom stereocenters. The lowest BCUT2D eigenvalue weighted by Crippen LogP contribution is -2.47. The second-order valence-corrected chi connectivity index (χ2v) is 10.3. The van der Waals surface area contributed by atoms with Gasteiger partial charge in [-0.2, -0.15) is 0 Å². The molecule has 0 aliphatic rings. The van der Waals surface area contributed by atoms with Gasteiger partial charge in [-0.1, -0.05) is 102 Å². The van der Waals surface area contributed by atoms with Gasteiger partial charge in [0.25, 0.3) is 0 Å². The SMILES string of the molecule is CC/C=C\C/C=C\C/C=C\C/C=C\C/C=C\CCCC(=O)OCC(C)(C)[C@@H](OC)C(=O)NCCC(C)=O.CCC. The van der Waals surface area contributed by atoms with Crippen LogP contribution >= 0.6 is 0 Å². The van der Waals surface area contributed by atoms with Gasteiger partial charge < -0.3 is 14.8 Å². The zero-order chi connectivity index (χ0) is 30.5. The molecule has 0 aliphatic carbocycles. The van der Waals surface area contributed by atoms with Crippen molar-refractivity contribution < 1.29 is 23.9 Å². The highest BCUT2D eigenvalue weighted by Gasteiger charge is 2.36. The van der Waals surface area contributed by atoms with Crippen molar-refractivity contribution >= 4 is 17.7 Å². The van der Waals surface area contributed by atoms with E-state index in [9.17, 15) is 14.4 Å². The molecule has 1 atom stereocenters. The number of methoxy groups -OCH3 is 1. The van der Waals surface area contributed by atoms with Crippen molar-refractivity contribution in [2.24, 2.45) is 5.41 Å². The molecule has 0 radical (unpaired) electrons. The first kappa shape index (κ1) is 39.4. The number of Topliss-reactive ketones (excluding diaryl/α,β-unsaturated/α-hetero) is 1. The predicted octanol–water partition coefficient (Wildman–Crippen LogP) is 8.00. The Morgan fingerprint density at radius 2 is 1.25 bits per heavy atom. The third-order valence-corrected chi connectivity index (χ3v) is 5.47. The molecule has 6 nitrogen and oxygen atoms in total. The summed E-state index contributed by atoms with van der Waals surface area (Å²) < 4.78 is 10.8. The normalized spacial score (nSPS) is 12.9. The number of esters is 1. The average molecular weight is 560 g/mol. The van der Waals surface area contributed by atoms with Gasteiger partial charge in [0.2, 0.25) is 5.91 Å². The Kier molecular flexibility index (Phi) is 27.4. The number of amides is 1. The lowest BCUT2D eigenvalue weighted by Gasteiger charge is -2.31. The van der Waals surface area contributed by atoms with Crippen molar-refractivity contribution in [2.75, 3.05) is 20.3 Å². The first-order valence-corrected chi connectivity index (χ1v) is 14.9. The number of allylic oxidation sites excluding steroid dienone is 10. The van der Waals surface area contributed by atoms with E-state index < -0.39 is 11.5 Å². The maximum atomic E-state index is 12.4. The van der Waals surface area contributed by atoms with E-state index in [2.05, 4.69) is 86.8 Å². The minimum atomic E-state index is -0.784. The molecule has 6 heteroatoms. The van der Waals surface area contributed by atoms with Crippen LogP contribution in [0.1, 0.15) is 106 Å². The largest absolute Gasteiger partial charge is 0.465 e. The van der Waals surface area contributed by atoms with E-state index in [4.69, 9.17) is 9.47 Å². The second-order valence-electron chi connectivity index (χ2n) is 10.3. The Morgan fingerprint density at radius 3 is 1.70 bits per heavy atom. The van der Waals surface area contributed by atoms with E-state index in [-0.39, 0.29) is 37.2 Å². The Bertz CT molecular complexity index is 805. The van der Waals surface area contributed by atoms with Crippen LogP contribution in [0.4, 0.5) is 0 Å². The fourth-order valence-electron chi connectivity index (χ4n) is 3.38. The molecule has 1 amide bonds. The Hall–Kier alpha value is -2.73. The van der Waals surface area contributed by atoms with Gasteiger partial charge in [-0.05, 0) is 51.9 Å². The van der Waals surface area contributed by atoms with E-state index in [1.165, 1.54) is 20.5 Å². The highest BCUT2D eigenvalue weighted by Crippen LogP contribution is 2.24. The molecule has 0 rings (SSSR count). The van der Waals surface area contributed by atoms with Gasteiger partial charge in [0, 0.05) is 31.9 Å². The number of carbonyl (C=O) groups excluding carboxylic acids is 3. The van der Waals surface area contributed by atoms with Crippen LogP contribution in [0.25, 0.3) is 0 Å². The molecular weight excluding hydrogens is 502 g/mol. The molecule has 1 N–H and O–H groups in total. The quantitative estimate of drug-likeness (QED) is 0.0875. The average Bonchev–Trinajstić information content (AvgIpc) is 2.90. The van der Waals surface area contributed by atoms with Crippen LogP contribution in [-0.4, -0.2) is 44.0 Å². The molecule has 0 aromatic rings. The summed E-state index contributed by atoms with van der Waals surface area (Å²) in [6.07, 6.45) is 29.1. The Morgan fingerprint density at radius 1 is 0.775 bits per heavy atom. The first-order valence-electron chi connectivity index (χ1n) is 14.9. The smallest absolute Gasteiger partial charge is 0.305 e. The van der Waals surface area contributed by atoms with Crippen LogP contribution in [-0.2, 0) is 23.9 Å². The standard InChI is InChI=1S/C31H49NO5.C3H8/c1-6-7-8-9-10-11-12-13-14-15-16-17-18-19-20-21-22-23-28(34)37-26-31(3,4)29(36-5)30(35)32-25-24-27(2)33;1-3-2/h7-8,10-11,13-14,16-17,19-20,29H,6,9,12,15,18,21-26H2,1-5H3,(H,32,35);3H2,1-2H3/b8-7-,11-10-,14-13-,17-16-,20-19-;/t29-;/m0./s1. The van der Waals surface area contributed by atoms with Gasteiger partial charge >= 0.3 is 5.97 Å². The summed E-state index contributed by atoms with van der Waals surface area (Å²) in [5.74, 6) is -0.595. The molecule has 0 spiro atoms. The minimum Gasteiger partial charge on any atom is -0.465 e. The van der Waals surface area contributed by atoms with Crippen LogP contribution in [0.5, 0.6) is 0 Å². The van der Waals surface area contributed by atoms with Crippen LogP contribution in [0.3, 0.4) is 0 Å². The van der Waals surface area contributed by atoms with Gasteiger partial charge in [-0.3, -0.25) is 14.4 Å². The number of rotatable bonds is 21. The van der Waals surface area contributed by atoms with Crippen LogP contribution in [0.2, 0.25) is 0 Å². The predicted molar refractivity (Wildman–Crippen MR) is 168 cm³/mol. The number of carbonyl (C=O) groups is 3. The molecule has 0 fully saturated rings. The van der Waals surface area contributed by atoms with E-state index in [1.807, 2.05) is 13.8 Å². The molecule has 40 heavy (non-hydrogen) atoms. The summed E-state index contributed by atoms with van der Waals surface area (Å²) >= 11 is 0. The van der Waals surface area contributed by atoms with Crippen molar-refractivity contribution in [3.8, 4) is 0 Å². The van der Waals surface area contributed by atoms with Crippen LogP contribution in [0, 0.1) is 5.41 Å². The van der Waals surface area contributed by atoms with E-state index in [1.54, 1.807) is 0 Å². The minimum absolute atomic E-state index is 0.00652. The fourth-order valence-corrected chi connectivity index (χ4v) is 3.38. The Labute approximate surface area is 245 Å². The van der Waals surface area contributed by atoms with Gasteiger partial charge in [0.15, 0.2) is 0 Å². The lowest BCUT2D eigenvalue weighted by molar-refractivity contribution is -0.155. The molecule has 0 aromatic carbocycles. The summed E-state index contributed by atoms with van der Waals surface area (Å²) in [5.41, 5.74) is -0.700. The van der Waals surface area contributed by atoms with E-state index in [0.29, 0.717) is 12.8 Å². The van der Waals surface area contributed by atoms with Gasteiger partial charge in [0.1, 0.15) is 11.9 Å². The maximum absolute atomic E-state index is 12.4. The fraction of sp³-hybridized carbons (Fsp3) is 0.618. The zero-order valence-corrected chi connectivity index (χ0v) is 26.4. The third kappa shape index (κ3) is 25.5. The summed E-state index contributed by atoms with van der Waals surface area (Å²) in [7, 11) is 1.45. The van der Waals surface area contributed by atoms with Crippen molar-refractivity contribution in [3.63, 3.8) is 0 Å². The summed E-state index contributed by atoms with van der Waals surface area (Å²) in [5, 5.41) is 2.70. The lowest BCUT2D eigenvalue weighted by atomic mass is 9.86. The zero-order valence-electron chi connectivity index (χ0n) is 26.4. The second kappa shape index (κ2) is 27.8. The molecule has 228 valence electrons. The molecule has 0 aliphatic heterocycles. The number of unbranched alkanes of at least 4 members (excludes halogenated alkanes) is 1. The van der Waals surface area contributed by atoms with Crippen molar-refractivity contribution in [2.45, 2.75) is 112 Å². The maximum Gasteiger partial charge on any atom is 0.305 e. The van der Waals surface area contributed by atoms with Crippen molar-refractivity contribution in [1.82, 2.24) is 5.32 Å². The molecule has 0 bridgehead atoms. The van der Waals surface area contributed by atoms with Gasteiger partial charge in [-0.15, -0.1) is 0 Å². The number of hydrogen-bond acceptors (Lipinski definition) is 5. The monoisotopic (exact) mass is 559 g/mol. The summed E-state index contributed by atoms with van der Waals surface area (Å²) in [6.45, 7) is 11.8. The highest BCUT2D eigenvalue weighted by molar-refractivity contribution is 5.82. The Balaban J connectivity index is 0. The molecule has 0 saturated heterocycles. The number of nitrogens with one attached hydrogen (secondary N) is 1. The highest BCUT2D eigenvalue weighted by atomic mass is 16.5. The van der Waals surface area contributed by atoms with Gasteiger partial charge in [-0.25, -0.2) is 0 Å². The van der Waals surface area contributed by atoms with Crippen LogP contribution < -0.4 is 5.32 Å². The van der Waals surface area contributed by atoms with Crippen LogP contribution in [0.15, 0.2) is 60.8 Å². The number of ketones is 1. The molecular formula is C34H57NO5. The van der Waals surface area contributed by atoms with Crippen molar-refractivity contribution in [3.05, 3.63) is 60.8 Å². The molecule has 0 saturated carbocycles. The third-order valence-electron chi connectivity index (χ3n) is 5.47. The number of hydrogen-bond donors (Lipinski definition) is 1. The van der Waals surface area contributed by atoms with Crippen molar-refractivity contribution in [1.29, 1.82) is 0 Å². The van der Waals surface area contributed by atoms with E-state index >= 15 is 0 Å². The number of ether oxygens (including phenoxy) is 2. The van der Waals surface area contributed by atoms with E-state index in [0.717, 1.165) is 38.5 Å². The summed E-state index contributed by atoms with van der Waals surface area (Å²) in [4.78, 5) is 35.6. The topological polar surface area (TPSA) is 81.7 Å².